The second-order valence-corrected chi connectivity index (χ2v) is 7.64. The SMILES string of the molecule is Cc1nc2scc(C)n2c1CNC(C)CNC(=O)OC(C)(C)C. The van der Waals surface area contributed by atoms with E-state index in [4.69, 9.17) is 4.74 Å². The van der Waals surface area contributed by atoms with Crippen LogP contribution in [0.15, 0.2) is 5.38 Å². The van der Waals surface area contributed by atoms with Crippen LogP contribution in [0.1, 0.15) is 44.8 Å². The van der Waals surface area contributed by atoms with Gasteiger partial charge in [-0.2, -0.15) is 0 Å². The molecule has 2 rings (SSSR count). The minimum absolute atomic E-state index is 0.131. The number of aromatic nitrogens is 2. The quantitative estimate of drug-likeness (QED) is 0.879. The minimum atomic E-state index is -0.475. The van der Waals surface area contributed by atoms with E-state index in [9.17, 15) is 4.79 Å². The number of ether oxygens (including phenoxy) is 1. The molecule has 128 valence electrons. The molecule has 1 atom stereocenters. The largest absolute Gasteiger partial charge is 0.444 e. The molecule has 2 N–H and O–H groups in total. The van der Waals surface area contributed by atoms with Gasteiger partial charge in [0.15, 0.2) is 4.96 Å². The van der Waals surface area contributed by atoms with Crippen molar-refractivity contribution in [2.45, 2.75) is 59.7 Å². The fourth-order valence-corrected chi connectivity index (χ4v) is 3.20. The van der Waals surface area contributed by atoms with Gasteiger partial charge in [-0.25, -0.2) is 9.78 Å². The van der Waals surface area contributed by atoms with Crippen LogP contribution < -0.4 is 10.6 Å². The smallest absolute Gasteiger partial charge is 0.407 e. The monoisotopic (exact) mass is 338 g/mol. The maximum Gasteiger partial charge on any atom is 0.407 e. The number of hydrogen-bond acceptors (Lipinski definition) is 5. The summed E-state index contributed by atoms with van der Waals surface area (Å²) in [5.74, 6) is 0. The van der Waals surface area contributed by atoms with E-state index in [-0.39, 0.29) is 12.1 Å². The third-order valence-electron chi connectivity index (χ3n) is 3.40. The van der Waals surface area contributed by atoms with Crippen molar-refractivity contribution in [2.75, 3.05) is 6.54 Å². The summed E-state index contributed by atoms with van der Waals surface area (Å²) in [6.45, 7) is 12.9. The average molecular weight is 338 g/mol. The molecule has 7 heteroatoms. The summed E-state index contributed by atoms with van der Waals surface area (Å²) < 4.78 is 7.41. The number of aryl methyl sites for hydroxylation is 2. The third kappa shape index (κ3) is 4.68. The van der Waals surface area contributed by atoms with E-state index in [0.717, 1.165) is 10.7 Å². The summed E-state index contributed by atoms with van der Waals surface area (Å²) in [5, 5.41) is 8.32. The first kappa shape index (κ1) is 17.7. The number of carbonyl (C=O) groups excluding carboxylic acids is 1. The zero-order valence-electron chi connectivity index (χ0n) is 14.7. The Balaban J connectivity index is 1.86. The lowest BCUT2D eigenvalue weighted by Gasteiger charge is -2.21. The summed E-state index contributed by atoms with van der Waals surface area (Å²) in [5.41, 5.74) is 2.93. The van der Waals surface area contributed by atoms with Crippen LogP contribution in [0.25, 0.3) is 4.96 Å². The van der Waals surface area contributed by atoms with Crippen LogP contribution in [0.5, 0.6) is 0 Å². The molecule has 23 heavy (non-hydrogen) atoms. The van der Waals surface area contributed by atoms with Crippen LogP contribution in [-0.2, 0) is 11.3 Å². The molecule has 0 aliphatic heterocycles. The van der Waals surface area contributed by atoms with Crippen molar-refractivity contribution in [3.63, 3.8) is 0 Å². The summed E-state index contributed by atoms with van der Waals surface area (Å²) in [6.07, 6.45) is -0.386. The molecular formula is C16H26N4O2S. The van der Waals surface area contributed by atoms with Crippen molar-refractivity contribution >= 4 is 22.4 Å². The number of rotatable bonds is 5. The van der Waals surface area contributed by atoms with Crippen molar-refractivity contribution < 1.29 is 9.53 Å². The second-order valence-electron chi connectivity index (χ2n) is 6.80. The normalized spacial score (nSPS) is 13.3. The molecule has 0 radical (unpaired) electrons. The average Bonchev–Trinajstić information content (AvgIpc) is 2.92. The Labute approximate surface area is 141 Å². The first-order chi connectivity index (χ1) is 10.7. The van der Waals surface area contributed by atoms with Gasteiger partial charge in [-0.15, -0.1) is 11.3 Å². The summed E-state index contributed by atoms with van der Waals surface area (Å²) in [7, 11) is 0. The van der Waals surface area contributed by atoms with Gasteiger partial charge in [-0.1, -0.05) is 0 Å². The van der Waals surface area contributed by atoms with Crippen LogP contribution >= 0.6 is 11.3 Å². The minimum Gasteiger partial charge on any atom is -0.444 e. The van der Waals surface area contributed by atoms with Crippen LogP contribution in [0.2, 0.25) is 0 Å². The van der Waals surface area contributed by atoms with E-state index in [1.165, 1.54) is 11.4 Å². The first-order valence-corrected chi connectivity index (χ1v) is 8.67. The van der Waals surface area contributed by atoms with E-state index in [1.54, 1.807) is 11.3 Å². The molecule has 2 aromatic heterocycles. The number of fused-ring (bicyclic) bond motifs is 1. The van der Waals surface area contributed by atoms with Crippen LogP contribution in [-0.4, -0.2) is 33.7 Å². The highest BCUT2D eigenvalue weighted by Crippen LogP contribution is 2.20. The fourth-order valence-electron chi connectivity index (χ4n) is 2.27. The van der Waals surface area contributed by atoms with Crippen molar-refractivity contribution in [2.24, 2.45) is 0 Å². The molecule has 0 saturated carbocycles. The molecule has 0 saturated heterocycles. The third-order valence-corrected chi connectivity index (χ3v) is 4.34. The Morgan fingerprint density at radius 3 is 2.78 bits per heavy atom. The van der Waals surface area contributed by atoms with Gasteiger partial charge in [-0.3, -0.25) is 4.40 Å². The predicted octanol–water partition coefficient (Wildman–Crippen LogP) is 3.02. The van der Waals surface area contributed by atoms with Crippen LogP contribution in [0.3, 0.4) is 0 Å². The zero-order valence-corrected chi connectivity index (χ0v) is 15.5. The zero-order chi connectivity index (χ0) is 17.2. The van der Waals surface area contributed by atoms with Gasteiger partial charge >= 0.3 is 6.09 Å². The number of carbonyl (C=O) groups is 1. The second kappa shape index (κ2) is 6.88. The summed E-state index contributed by atoms with van der Waals surface area (Å²) in [4.78, 5) is 17.3. The molecule has 1 amide bonds. The topological polar surface area (TPSA) is 67.7 Å². The molecule has 0 aromatic carbocycles. The van der Waals surface area contributed by atoms with Gasteiger partial charge in [-0.05, 0) is 41.5 Å². The van der Waals surface area contributed by atoms with E-state index in [2.05, 4.69) is 32.3 Å². The summed E-state index contributed by atoms with van der Waals surface area (Å²) in [6, 6.07) is 0.131. The maximum absolute atomic E-state index is 11.7. The van der Waals surface area contributed by atoms with Gasteiger partial charge in [0.05, 0.1) is 11.4 Å². The molecule has 6 nitrogen and oxygen atoms in total. The Hall–Kier alpha value is -1.60. The van der Waals surface area contributed by atoms with Crippen LogP contribution in [0.4, 0.5) is 4.79 Å². The number of alkyl carbamates (subject to hydrolysis) is 1. The number of amides is 1. The lowest BCUT2D eigenvalue weighted by atomic mass is 10.2. The van der Waals surface area contributed by atoms with Gasteiger partial charge in [0.2, 0.25) is 0 Å². The van der Waals surface area contributed by atoms with Crippen molar-refractivity contribution in [1.29, 1.82) is 0 Å². The number of nitrogens with one attached hydrogen (secondary N) is 2. The van der Waals surface area contributed by atoms with E-state index in [1.807, 2.05) is 34.6 Å². The summed E-state index contributed by atoms with van der Waals surface area (Å²) >= 11 is 1.65. The number of thiazole rings is 1. The van der Waals surface area contributed by atoms with Crippen molar-refractivity contribution in [3.8, 4) is 0 Å². The van der Waals surface area contributed by atoms with E-state index < -0.39 is 5.60 Å². The molecule has 0 spiro atoms. The predicted molar refractivity (Wildman–Crippen MR) is 93.1 cm³/mol. The highest BCUT2D eigenvalue weighted by atomic mass is 32.1. The Kier molecular flexibility index (Phi) is 5.31. The molecule has 1 unspecified atom stereocenters. The van der Waals surface area contributed by atoms with Gasteiger partial charge < -0.3 is 15.4 Å². The molecule has 2 aromatic rings. The molecule has 0 aliphatic carbocycles. The Morgan fingerprint density at radius 2 is 2.13 bits per heavy atom. The maximum atomic E-state index is 11.7. The Morgan fingerprint density at radius 1 is 1.43 bits per heavy atom. The molecule has 0 bridgehead atoms. The van der Waals surface area contributed by atoms with Gasteiger partial charge in [0.1, 0.15) is 5.60 Å². The lowest BCUT2D eigenvalue weighted by molar-refractivity contribution is 0.0523. The highest BCUT2D eigenvalue weighted by molar-refractivity contribution is 7.15. The van der Waals surface area contributed by atoms with Gasteiger partial charge in [0, 0.05) is 30.2 Å². The molecule has 2 heterocycles. The fraction of sp³-hybridized carbons (Fsp3) is 0.625. The number of hydrogen-bond donors (Lipinski definition) is 2. The Bertz CT molecular complexity index is 684. The molecule has 0 aliphatic rings. The molecule has 0 fully saturated rings. The molecular weight excluding hydrogens is 312 g/mol. The van der Waals surface area contributed by atoms with Crippen molar-refractivity contribution in [1.82, 2.24) is 20.0 Å². The van der Waals surface area contributed by atoms with E-state index >= 15 is 0 Å². The van der Waals surface area contributed by atoms with Crippen LogP contribution in [0, 0.1) is 13.8 Å². The van der Waals surface area contributed by atoms with Crippen molar-refractivity contribution in [3.05, 3.63) is 22.5 Å². The number of imidazole rings is 1. The lowest BCUT2D eigenvalue weighted by Crippen LogP contribution is -2.41. The first-order valence-electron chi connectivity index (χ1n) is 7.79. The number of nitrogens with zero attached hydrogens (tertiary/aromatic N) is 2. The van der Waals surface area contributed by atoms with Gasteiger partial charge in [0.25, 0.3) is 0 Å². The standard InChI is InChI=1S/C16H26N4O2S/c1-10(7-18-15(21)22-16(4,5)6)17-8-13-12(3)19-14-20(13)11(2)9-23-14/h9-10,17H,7-8H2,1-6H3,(H,18,21). The highest BCUT2D eigenvalue weighted by Gasteiger charge is 2.17. The van der Waals surface area contributed by atoms with E-state index in [0.29, 0.717) is 13.1 Å².